The van der Waals surface area contributed by atoms with Crippen LogP contribution in [0.3, 0.4) is 0 Å². The molecule has 0 aliphatic carbocycles. The number of hydrogen-bond donors (Lipinski definition) is 1. The Morgan fingerprint density at radius 1 is 1.03 bits per heavy atom. The minimum Gasteiger partial charge on any atom is -0.361 e. The van der Waals surface area contributed by atoms with Crippen LogP contribution >= 0.6 is 0 Å². The maximum atomic E-state index is 13.6. The predicted octanol–water partition coefficient (Wildman–Crippen LogP) is 5.74. The molecule has 1 amide bonds. The topological polar surface area (TPSA) is 32.3 Å². The Morgan fingerprint density at radius 2 is 1.65 bits per heavy atom. The van der Waals surface area contributed by atoms with Crippen LogP contribution in [-0.2, 0) is 22.4 Å². The van der Waals surface area contributed by atoms with E-state index in [2.05, 4.69) is 5.32 Å². The maximum Gasteiger partial charge on any atom is 0.416 e. The van der Waals surface area contributed by atoms with Crippen LogP contribution in [0.1, 0.15) is 48.9 Å². The quantitative estimate of drug-likeness (QED) is 0.620. The fourth-order valence-corrected chi connectivity index (χ4v) is 3.95. The van der Waals surface area contributed by atoms with Gasteiger partial charge in [0.1, 0.15) is 5.82 Å². The number of amides is 1. The molecule has 0 spiro atoms. The van der Waals surface area contributed by atoms with E-state index in [0.717, 1.165) is 19.1 Å². The van der Waals surface area contributed by atoms with Gasteiger partial charge in [-0.2, -0.15) is 13.2 Å². The third-order valence-electron chi connectivity index (χ3n) is 5.72. The summed E-state index contributed by atoms with van der Waals surface area (Å²) < 4.78 is 67.3. The highest BCUT2D eigenvalue weighted by Gasteiger charge is 2.48. The molecule has 3 nitrogen and oxygen atoms in total. The molecule has 3 rings (SSSR count). The van der Waals surface area contributed by atoms with Crippen molar-refractivity contribution in [2.24, 2.45) is 0 Å². The van der Waals surface area contributed by atoms with E-state index in [9.17, 15) is 26.7 Å². The van der Waals surface area contributed by atoms with Crippen LogP contribution in [0, 0.1) is 0 Å². The molecule has 2 aromatic rings. The summed E-state index contributed by atoms with van der Waals surface area (Å²) in [6, 6.07) is 10.1. The first kappa shape index (κ1) is 22.8. The lowest BCUT2D eigenvalue weighted by Crippen LogP contribution is -2.58. The molecule has 1 aliphatic rings. The zero-order valence-corrected chi connectivity index (χ0v) is 17.5. The van der Waals surface area contributed by atoms with Crippen LogP contribution in [0.2, 0.25) is 0 Å². The van der Waals surface area contributed by atoms with Crippen LogP contribution in [0.4, 0.5) is 22.0 Å². The lowest BCUT2D eigenvalue weighted by Gasteiger charge is -2.47. The van der Waals surface area contributed by atoms with Gasteiger partial charge in [-0.15, -0.1) is 0 Å². The van der Waals surface area contributed by atoms with Crippen LogP contribution in [-0.4, -0.2) is 17.9 Å². The summed E-state index contributed by atoms with van der Waals surface area (Å²) >= 11 is 0. The van der Waals surface area contributed by atoms with E-state index >= 15 is 0 Å². The van der Waals surface area contributed by atoms with Gasteiger partial charge in [-0.3, -0.25) is 4.79 Å². The van der Waals surface area contributed by atoms with Gasteiger partial charge in [0.15, 0.2) is 0 Å². The van der Waals surface area contributed by atoms with Crippen molar-refractivity contribution in [2.75, 3.05) is 7.05 Å². The van der Waals surface area contributed by atoms with Crippen LogP contribution < -0.4 is 5.32 Å². The third-order valence-corrected chi connectivity index (χ3v) is 5.72. The molecule has 1 N–H and O–H groups in total. The Bertz CT molecular complexity index is 1010. The standard InChI is InChI=1S/C23H23F5N2O/c1-5-18-29-21(2,16-7-6-8-17(13-16)23(26,27)28)19(20(31)30(18)4)14-9-11-15(12-10-14)22(3,24)25/h5-13,19,29H,1-4H3/b18-5-/t19-,21+/m0/s1. The highest BCUT2D eigenvalue weighted by atomic mass is 19.4. The average molecular weight is 438 g/mol. The molecule has 166 valence electrons. The molecule has 0 saturated carbocycles. The monoisotopic (exact) mass is 438 g/mol. The lowest BCUT2D eigenvalue weighted by molar-refractivity contribution is -0.137. The van der Waals surface area contributed by atoms with E-state index in [1.165, 1.54) is 41.3 Å². The molecular formula is C23H23F5N2O. The summed E-state index contributed by atoms with van der Waals surface area (Å²) in [4.78, 5) is 14.7. The van der Waals surface area contributed by atoms with Gasteiger partial charge < -0.3 is 10.2 Å². The first-order chi connectivity index (χ1) is 14.3. The smallest absolute Gasteiger partial charge is 0.361 e. The number of nitrogens with one attached hydrogen (secondary N) is 1. The first-order valence-electron chi connectivity index (χ1n) is 9.67. The normalized spacial score (nSPS) is 23.8. The Labute approximate surface area is 177 Å². The highest BCUT2D eigenvalue weighted by Crippen LogP contribution is 2.44. The van der Waals surface area contributed by atoms with Crippen molar-refractivity contribution >= 4 is 5.91 Å². The molecule has 8 heteroatoms. The number of nitrogens with zero attached hydrogens (tertiary/aromatic N) is 1. The Balaban J connectivity index is 2.18. The summed E-state index contributed by atoms with van der Waals surface area (Å²) in [5, 5.41) is 3.20. The van der Waals surface area contributed by atoms with Crippen molar-refractivity contribution in [3.8, 4) is 0 Å². The lowest BCUT2D eigenvalue weighted by atomic mass is 9.73. The van der Waals surface area contributed by atoms with E-state index in [1.807, 2.05) is 0 Å². The molecule has 2 aromatic carbocycles. The molecule has 1 fully saturated rings. The fourth-order valence-electron chi connectivity index (χ4n) is 3.95. The molecule has 0 unspecified atom stereocenters. The SMILES string of the molecule is C/C=C1/N[C@](C)(c2cccc(C(F)(F)F)c2)[C@@H](c2ccc(C(C)(F)F)cc2)C(=O)N1C. The van der Waals surface area contributed by atoms with Crippen molar-refractivity contribution < 1.29 is 26.7 Å². The second kappa shape index (κ2) is 7.66. The number of hydrogen-bond acceptors (Lipinski definition) is 2. The summed E-state index contributed by atoms with van der Waals surface area (Å²) in [5.74, 6) is -3.91. The molecular weight excluding hydrogens is 415 g/mol. The average Bonchev–Trinajstić information content (AvgIpc) is 2.70. The van der Waals surface area contributed by atoms with Gasteiger partial charge in [-0.25, -0.2) is 8.78 Å². The number of rotatable bonds is 3. The second-order valence-electron chi connectivity index (χ2n) is 7.92. The second-order valence-corrected chi connectivity index (χ2v) is 7.92. The van der Waals surface area contributed by atoms with E-state index in [4.69, 9.17) is 0 Å². The van der Waals surface area contributed by atoms with E-state index in [1.54, 1.807) is 27.0 Å². The van der Waals surface area contributed by atoms with Crippen LogP contribution in [0.15, 0.2) is 60.4 Å². The molecule has 0 aromatic heterocycles. The van der Waals surface area contributed by atoms with Crippen LogP contribution in [0.25, 0.3) is 0 Å². The minimum absolute atomic E-state index is 0.212. The first-order valence-corrected chi connectivity index (χ1v) is 9.67. The molecule has 1 aliphatic heterocycles. The van der Waals surface area contributed by atoms with Gasteiger partial charge >= 0.3 is 6.18 Å². The van der Waals surface area contributed by atoms with Gasteiger partial charge in [-0.1, -0.05) is 36.4 Å². The Hall–Kier alpha value is -2.90. The van der Waals surface area contributed by atoms with Crippen LogP contribution in [0.5, 0.6) is 0 Å². The number of carbonyl (C=O) groups excluding carboxylic acids is 1. The zero-order chi connectivity index (χ0) is 23.2. The Kier molecular flexibility index (Phi) is 5.63. The van der Waals surface area contributed by atoms with E-state index in [0.29, 0.717) is 11.4 Å². The van der Waals surface area contributed by atoms with E-state index in [-0.39, 0.29) is 17.0 Å². The molecule has 0 bridgehead atoms. The third kappa shape index (κ3) is 4.16. The number of benzene rings is 2. The van der Waals surface area contributed by atoms with E-state index < -0.39 is 29.1 Å². The van der Waals surface area contributed by atoms with Gasteiger partial charge in [0.2, 0.25) is 5.91 Å². The summed E-state index contributed by atoms with van der Waals surface area (Å²) in [5.41, 5.74) is -1.61. The molecule has 1 heterocycles. The summed E-state index contributed by atoms with van der Waals surface area (Å²) in [7, 11) is 1.55. The maximum absolute atomic E-state index is 13.6. The number of alkyl halides is 5. The van der Waals surface area contributed by atoms with Crippen molar-refractivity contribution in [1.82, 2.24) is 10.2 Å². The van der Waals surface area contributed by atoms with Gasteiger partial charge in [0.05, 0.1) is 17.0 Å². The summed E-state index contributed by atoms with van der Waals surface area (Å²) in [6.45, 7) is 4.12. The largest absolute Gasteiger partial charge is 0.416 e. The predicted molar refractivity (Wildman–Crippen MR) is 107 cm³/mol. The molecule has 31 heavy (non-hydrogen) atoms. The van der Waals surface area contributed by atoms with Gasteiger partial charge in [0.25, 0.3) is 5.92 Å². The van der Waals surface area contributed by atoms with Crippen molar-refractivity contribution in [3.05, 3.63) is 82.7 Å². The summed E-state index contributed by atoms with van der Waals surface area (Å²) in [6.07, 6.45) is -2.89. The number of halogens is 5. The van der Waals surface area contributed by atoms with Gasteiger partial charge in [0, 0.05) is 19.5 Å². The van der Waals surface area contributed by atoms with Gasteiger partial charge in [-0.05, 0) is 43.2 Å². The minimum atomic E-state index is -4.55. The number of carbonyl (C=O) groups is 1. The molecule has 1 saturated heterocycles. The molecule has 2 atom stereocenters. The number of likely N-dealkylation sites (N-methyl/N-ethyl adjacent to an activating group) is 1. The van der Waals surface area contributed by atoms with Crippen molar-refractivity contribution in [1.29, 1.82) is 0 Å². The fraction of sp³-hybridized carbons (Fsp3) is 0.348. The highest BCUT2D eigenvalue weighted by molar-refractivity contribution is 5.88. The number of allylic oxidation sites excluding steroid dienone is 1. The van der Waals surface area contributed by atoms with Crippen molar-refractivity contribution in [3.63, 3.8) is 0 Å². The van der Waals surface area contributed by atoms with Crippen molar-refractivity contribution in [2.45, 2.75) is 44.3 Å². The molecule has 0 radical (unpaired) electrons. The Morgan fingerprint density at radius 3 is 2.16 bits per heavy atom. The zero-order valence-electron chi connectivity index (χ0n) is 17.5.